The van der Waals surface area contributed by atoms with Crippen LogP contribution < -0.4 is 10.6 Å². The Morgan fingerprint density at radius 3 is 2.48 bits per heavy atom. The Labute approximate surface area is 181 Å². The van der Waals surface area contributed by atoms with Crippen LogP contribution in [0.5, 0.6) is 0 Å². The van der Waals surface area contributed by atoms with Crippen molar-refractivity contribution in [2.45, 2.75) is 38.1 Å². The Morgan fingerprint density at radius 1 is 1.10 bits per heavy atom. The number of halogens is 1. The normalized spacial score (nSPS) is 14.6. The first kappa shape index (κ1) is 22.9. The maximum absolute atomic E-state index is 14.3. The molecule has 1 aliphatic heterocycles. The molecular weight excluding hydrogens is 421 g/mol. The van der Waals surface area contributed by atoms with Crippen molar-refractivity contribution in [3.8, 4) is 0 Å². The van der Waals surface area contributed by atoms with Gasteiger partial charge in [-0.15, -0.1) is 0 Å². The van der Waals surface area contributed by atoms with E-state index in [9.17, 15) is 22.4 Å². The fourth-order valence-electron chi connectivity index (χ4n) is 3.24. The number of amides is 2. The molecule has 0 spiro atoms. The molecule has 0 radical (unpaired) electrons. The van der Waals surface area contributed by atoms with Crippen LogP contribution in [0.2, 0.25) is 0 Å². The van der Waals surface area contributed by atoms with Gasteiger partial charge in [0.15, 0.2) is 0 Å². The summed E-state index contributed by atoms with van der Waals surface area (Å²) in [4.78, 5) is 23.9. The minimum Gasteiger partial charge on any atom is -0.348 e. The first-order chi connectivity index (χ1) is 14.7. The first-order valence-electron chi connectivity index (χ1n) is 10.2. The largest absolute Gasteiger partial charge is 0.348 e. The molecular formula is C22H26FN3O4S. The average Bonchev–Trinajstić information content (AvgIpc) is 3.28. The van der Waals surface area contributed by atoms with Gasteiger partial charge in [-0.1, -0.05) is 26.0 Å². The molecule has 0 unspecified atom stereocenters. The van der Waals surface area contributed by atoms with Crippen molar-refractivity contribution < 1.29 is 22.4 Å². The molecule has 9 heteroatoms. The number of carbonyl (C=O) groups is 2. The molecule has 1 heterocycles. The number of sulfonamides is 1. The molecule has 3 rings (SSSR count). The predicted molar refractivity (Wildman–Crippen MR) is 115 cm³/mol. The van der Waals surface area contributed by atoms with Crippen LogP contribution in [0.3, 0.4) is 0 Å². The third kappa shape index (κ3) is 5.48. The van der Waals surface area contributed by atoms with Crippen molar-refractivity contribution in [1.29, 1.82) is 0 Å². The summed E-state index contributed by atoms with van der Waals surface area (Å²) in [6.45, 7) is 4.44. The molecule has 166 valence electrons. The summed E-state index contributed by atoms with van der Waals surface area (Å²) in [6.07, 6.45) is 1.47. The smallest absolute Gasteiger partial charge is 0.251 e. The average molecular weight is 448 g/mol. The number of rotatable bonds is 7. The van der Waals surface area contributed by atoms with Gasteiger partial charge in [-0.05, 0) is 48.7 Å². The molecule has 2 amide bonds. The summed E-state index contributed by atoms with van der Waals surface area (Å²) in [5.74, 6) is -1.67. The van der Waals surface area contributed by atoms with Crippen molar-refractivity contribution in [2.75, 3.05) is 18.4 Å². The first-order valence-corrected chi connectivity index (χ1v) is 11.6. The number of hydrogen-bond acceptors (Lipinski definition) is 4. The summed E-state index contributed by atoms with van der Waals surface area (Å²) < 4.78 is 40.9. The number of nitrogens with one attached hydrogen (secondary N) is 2. The Kier molecular flexibility index (Phi) is 7.07. The molecule has 0 aliphatic carbocycles. The Morgan fingerprint density at radius 2 is 1.81 bits per heavy atom. The van der Waals surface area contributed by atoms with Gasteiger partial charge in [-0.2, -0.15) is 4.31 Å². The summed E-state index contributed by atoms with van der Waals surface area (Å²) in [5, 5.41) is 5.50. The fraction of sp³-hybridized carbons (Fsp3) is 0.364. The van der Waals surface area contributed by atoms with Gasteiger partial charge < -0.3 is 10.6 Å². The van der Waals surface area contributed by atoms with Gasteiger partial charge in [0.2, 0.25) is 15.9 Å². The molecule has 1 saturated heterocycles. The molecule has 2 N–H and O–H groups in total. The van der Waals surface area contributed by atoms with Crippen LogP contribution in [0.25, 0.3) is 0 Å². The van der Waals surface area contributed by atoms with E-state index >= 15 is 0 Å². The van der Waals surface area contributed by atoms with E-state index in [0.717, 1.165) is 30.5 Å². The topological polar surface area (TPSA) is 95.6 Å². The second kappa shape index (κ2) is 9.57. The standard InChI is InChI=1S/C22H26FN3O4S/c1-15(2)21(27)25-18-7-5-6-16(12-18)14-24-22(28)17-8-9-19(23)20(13-17)31(29,30)26-10-3-4-11-26/h5-9,12-13,15H,3-4,10-11,14H2,1-2H3,(H,24,28)(H,25,27). The number of nitrogens with zero attached hydrogens (tertiary/aromatic N) is 1. The van der Waals surface area contributed by atoms with Gasteiger partial charge in [0.25, 0.3) is 5.91 Å². The van der Waals surface area contributed by atoms with Crippen LogP contribution in [-0.4, -0.2) is 37.6 Å². The number of hydrogen-bond donors (Lipinski definition) is 2. The monoisotopic (exact) mass is 447 g/mol. The summed E-state index contributed by atoms with van der Waals surface area (Å²) in [7, 11) is -3.98. The van der Waals surface area contributed by atoms with E-state index in [1.807, 2.05) is 0 Å². The third-order valence-electron chi connectivity index (χ3n) is 5.05. The second-order valence-corrected chi connectivity index (χ2v) is 9.69. The zero-order valence-corrected chi connectivity index (χ0v) is 18.3. The highest BCUT2D eigenvalue weighted by molar-refractivity contribution is 7.89. The maximum atomic E-state index is 14.3. The van der Waals surface area contributed by atoms with Crippen LogP contribution in [0.1, 0.15) is 42.6 Å². The van der Waals surface area contributed by atoms with E-state index in [2.05, 4.69) is 10.6 Å². The van der Waals surface area contributed by atoms with Crippen LogP contribution in [0.15, 0.2) is 47.4 Å². The van der Waals surface area contributed by atoms with Crippen molar-refractivity contribution >= 4 is 27.5 Å². The third-order valence-corrected chi connectivity index (χ3v) is 6.96. The fourth-order valence-corrected chi connectivity index (χ4v) is 4.85. The minimum atomic E-state index is -3.98. The molecule has 2 aromatic rings. The highest BCUT2D eigenvalue weighted by atomic mass is 32.2. The highest BCUT2D eigenvalue weighted by Crippen LogP contribution is 2.24. The van der Waals surface area contributed by atoms with Crippen LogP contribution in [0, 0.1) is 11.7 Å². The van der Waals surface area contributed by atoms with Gasteiger partial charge in [0.05, 0.1) is 0 Å². The van der Waals surface area contributed by atoms with Crippen molar-refractivity contribution in [2.24, 2.45) is 5.92 Å². The Balaban J connectivity index is 1.71. The molecule has 1 fully saturated rings. The molecule has 0 aromatic heterocycles. The van der Waals surface area contributed by atoms with Gasteiger partial charge in [-0.25, -0.2) is 12.8 Å². The van der Waals surface area contributed by atoms with Crippen LogP contribution in [-0.2, 0) is 21.4 Å². The summed E-state index contributed by atoms with van der Waals surface area (Å²) in [5.41, 5.74) is 1.43. The molecule has 0 atom stereocenters. The van der Waals surface area contributed by atoms with Crippen LogP contribution in [0.4, 0.5) is 10.1 Å². The summed E-state index contributed by atoms with van der Waals surface area (Å²) >= 11 is 0. The van der Waals surface area contributed by atoms with Gasteiger partial charge in [0.1, 0.15) is 10.7 Å². The highest BCUT2D eigenvalue weighted by Gasteiger charge is 2.30. The van der Waals surface area contributed by atoms with E-state index in [1.165, 1.54) is 10.4 Å². The lowest BCUT2D eigenvalue weighted by Crippen LogP contribution is -2.29. The van der Waals surface area contributed by atoms with E-state index < -0.39 is 26.6 Å². The van der Waals surface area contributed by atoms with Crippen molar-refractivity contribution in [1.82, 2.24) is 9.62 Å². The molecule has 0 bridgehead atoms. The Hall–Kier alpha value is -2.78. The molecule has 31 heavy (non-hydrogen) atoms. The molecule has 1 aliphatic rings. The Bertz CT molecular complexity index is 1080. The second-order valence-electron chi connectivity index (χ2n) is 7.78. The maximum Gasteiger partial charge on any atom is 0.251 e. The zero-order chi connectivity index (χ0) is 22.6. The van der Waals surface area contributed by atoms with E-state index in [0.29, 0.717) is 18.8 Å². The number of carbonyl (C=O) groups excluding carboxylic acids is 2. The zero-order valence-electron chi connectivity index (χ0n) is 17.5. The van der Waals surface area contributed by atoms with E-state index in [-0.39, 0.29) is 23.9 Å². The van der Waals surface area contributed by atoms with Gasteiger partial charge in [0, 0.05) is 36.8 Å². The van der Waals surface area contributed by atoms with E-state index in [1.54, 1.807) is 38.1 Å². The lowest BCUT2D eigenvalue weighted by molar-refractivity contribution is -0.118. The van der Waals surface area contributed by atoms with Crippen LogP contribution >= 0.6 is 0 Å². The number of anilines is 1. The SMILES string of the molecule is CC(C)C(=O)Nc1cccc(CNC(=O)c2ccc(F)c(S(=O)(=O)N3CCCC3)c2)c1. The van der Waals surface area contributed by atoms with Gasteiger partial charge >= 0.3 is 0 Å². The quantitative estimate of drug-likeness (QED) is 0.682. The molecule has 7 nitrogen and oxygen atoms in total. The van der Waals surface area contributed by atoms with Gasteiger partial charge in [-0.3, -0.25) is 9.59 Å². The lowest BCUT2D eigenvalue weighted by Gasteiger charge is -2.16. The molecule has 2 aromatic carbocycles. The number of benzene rings is 2. The molecule has 0 saturated carbocycles. The van der Waals surface area contributed by atoms with E-state index in [4.69, 9.17) is 0 Å². The van der Waals surface area contributed by atoms with Crippen molar-refractivity contribution in [3.63, 3.8) is 0 Å². The predicted octanol–water partition coefficient (Wildman–Crippen LogP) is 3.13. The van der Waals surface area contributed by atoms with Crippen molar-refractivity contribution in [3.05, 3.63) is 59.4 Å². The summed E-state index contributed by atoms with van der Waals surface area (Å²) in [6, 6.07) is 10.4. The minimum absolute atomic E-state index is 0.0587. The lowest BCUT2D eigenvalue weighted by atomic mass is 10.1.